The molecular weight excluding hydrogens is 266 g/mol. The van der Waals surface area contributed by atoms with Gasteiger partial charge in [0.05, 0.1) is 24.2 Å². The lowest BCUT2D eigenvalue weighted by molar-refractivity contribution is 0.288. The Bertz CT molecular complexity index is 511. The van der Waals surface area contributed by atoms with E-state index in [1.807, 2.05) is 13.8 Å². The topological polar surface area (TPSA) is 64.6 Å². The van der Waals surface area contributed by atoms with E-state index in [0.717, 1.165) is 0 Å². The summed E-state index contributed by atoms with van der Waals surface area (Å²) < 4.78 is 37.0. The Morgan fingerprint density at radius 3 is 2.21 bits per heavy atom. The summed E-state index contributed by atoms with van der Waals surface area (Å²) in [6.07, 6.45) is 0. The third-order valence-corrected chi connectivity index (χ3v) is 4.19. The van der Waals surface area contributed by atoms with Crippen molar-refractivity contribution in [3.05, 3.63) is 18.2 Å². The molecule has 1 aromatic rings. The quantitative estimate of drug-likeness (QED) is 0.837. The van der Waals surface area contributed by atoms with Gasteiger partial charge in [0.1, 0.15) is 0 Å². The highest BCUT2D eigenvalue weighted by atomic mass is 32.2. The van der Waals surface area contributed by atoms with E-state index in [4.69, 9.17) is 9.47 Å². The summed E-state index contributed by atoms with van der Waals surface area (Å²) in [4.78, 5) is 0. The molecule has 0 spiro atoms. The number of benzene rings is 1. The highest BCUT2D eigenvalue weighted by Gasteiger charge is 2.16. The van der Waals surface area contributed by atoms with Crippen LogP contribution in [0, 0.1) is 0 Å². The van der Waals surface area contributed by atoms with Crippen LogP contribution in [0.25, 0.3) is 0 Å². The van der Waals surface area contributed by atoms with Crippen LogP contribution in [0.5, 0.6) is 11.5 Å². The van der Waals surface area contributed by atoms with Crippen LogP contribution in [0.4, 0.5) is 5.69 Å². The Morgan fingerprint density at radius 1 is 1.11 bits per heavy atom. The van der Waals surface area contributed by atoms with Crippen molar-refractivity contribution in [1.29, 1.82) is 0 Å². The zero-order chi connectivity index (χ0) is 14.5. The standard InChI is InChI=1S/C13H21NO4S/c1-5-17-12-8-7-11(9-13(12)18-6-2)14-19(15,16)10(3)4/h7-10,14H,5-6H2,1-4H3. The van der Waals surface area contributed by atoms with Crippen molar-refractivity contribution in [1.82, 2.24) is 0 Å². The van der Waals surface area contributed by atoms with Gasteiger partial charge in [0.2, 0.25) is 10.0 Å². The molecule has 1 N–H and O–H groups in total. The van der Waals surface area contributed by atoms with Crippen LogP contribution < -0.4 is 14.2 Å². The van der Waals surface area contributed by atoms with Crippen molar-refractivity contribution < 1.29 is 17.9 Å². The van der Waals surface area contributed by atoms with Crippen molar-refractivity contribution in [3.63, 3.8) is 0 Å². The molecule has 0 fully saturated rings. The van der Waals surface area contributed by atoms with Crippen LogP contribution in [0.2, 0.25) is 0 Å². The first kappa shape index (κ1) is 15.6. The molecule has 0 heterocycles. The van der Waals surface area contributed by atoms with E-state index in [9.17, 15) is 8.42 Å². The van der Waals surface area contributed by atoms with Crippen molar-refractivity contribution >= 4 is 15.7 Å². The summed E-state index contributed by atoms with van der Waals surface area (Å²) in [5.74, 6) is 1.14. The SMILES string of the molecule is CCOc1ccc(NS(=O)(=O)C(C)C)cc1OCC. The molecule has 19 heavy (non-hydrogen) atoms. The van der Waals surface area contributed by atoms with Gasteiger partial charge in [0, 0.05) is 6.07 Å². The van der Waals surface area contributed by atoms with E-state index in [2.05, 4.69) is 4.72 Å². The smallest absolute Gasteiger partial charge is 0.235 e. The van der Waals surface area contributed by atoms with Crippen LogP contribution in [0.3, 0.4) is 0 Å². The predicted molar refractivity (Wildman–Crippen MR) is 76.5 cm³/mol. The second kappa shape index (κ2) is 6.65. The lowest BCUT2D eigenvalue weighted by Crippen LogP contribution is -2.22. The maximum atomic E-state index is 11.8. The van der Waals surface area contributed by atoms with E-state index in [1.54, 1.807) is 32.0 Å². The largest absolute Gasteiger partial charge is 0.490 e. The monoisotopic (exact) mass is 287 g/mol. The molecule has 0 radical (unpaired) electrons. The fourth-order valence-electron chi connectivity index (χ4n) is 1.40. The molecule has 6 heteroatoms. The molecule has 0 bridgehead atoms. The molecule has 1 rings (SSSR count). The summed E-state index contributed by atoms with van der Waals surface area (Å²) in [5, 5.41) is -0.491. The highest BCUT2D eigenvalue weighted by molar-refractivity contribution is 7.93. The number of nitrogens with one attached hydrogen (secondary N) is 1. The van der Waals surface area contributed by atoms with E-state index in [1.165, 1.54) is 0 Å². The normalized spacial score (nSPS) is 11.4. The van der Waals surface area contributed by atoms with E-state index >= 15 is 0 Å². The molecular formula is C13H21NO4S. The number of ether oxygens (including phenoxy) is 2. The van der Waals surface area contributed by atoms with Crippen LogP contribution in [-0.4, -0.2) is 26.9 Å². The first-order chi connectivity index (χ1) is 8.90. The van der Waals surface area contributed by atoms with Gasteiger partial charge in [-0.25, -0.2) is 8.42 Å². The fourth-order valence-corrected chi connectivity index (χ4v) is 2.09. The van der Waals surface area contributed by atoms with Crippen molar-refractivity contribution in [2.24, 2.45) is 0 Å². The van der Waals surface area contributed by atoms with Gasteiger partial charge in [-0.15, -0.1) is 0 Å². The highest BCUT2D eigenvalue weighted by Crippen LogP contribution is 2.31. The van der Waals surface area contributed by atoms with Crippen LogP contribution in [0.15, 0.2) is 18.2 Å². The van der Waals surface area contributed by atoms with Gasteiger partial charge in [-0.2, -0.15) is 0 Å². The minimum Gasteiger partial charge on any atom is -0.490 e. The molecule has 0 atom stereocenters. The molecule has 108 valence electrons. The molecule has 0 aliphatic rings. The predicted octanol–water partition coefficient (Wildman–Crippen LogP) is 2.63. The first-order valence-corrected chi connectivity index (χ1v) is 7.86. The summed E-state index contributed by atoms with van der Waals surface area (Å²) in [7, 11) is -3.35. The van der Waals surface area contributed by atoms with E-state index in [0.29, 0.717) is 30.4 Å². The number of hydrogen-bond acceptors (Lipinski definition) is 4. The number of anilines is 1. The van der Waals surface area contributed by atoms with E-state index < -0.39 is 15.3 Å². The molecule has 0 saturated heterocycles. The van der Waals surface area contributed by atoms with Gasteiger partial charge in [-0.1, -0.05) is 0 Å². The maximum Gasteiger partial charge on any atom is 0.235 e. The lowest BCUT2D eigenvalue weighted by atomic mass is 10.3. The summed E-state index contributed by atoms with van der Waals surface area (Å²) >= 11 is 0. The Morgan fingerprint density at radius 2 is 1.68 bits per heavy atom. The number of sulfonamides is 1. The summed E-state index contributed by atoms with van der Waals surface area (Å²) in [5.41, 5.74) is 0.473. The van der Waals surface area contributed by atoms with E-state index in [-0.39, 0.29) is 0 Å². The van der Waals surface area contributed by atoms with Gasteiger partial charge in [-0.3, -0.25) is 4.72 Å². The molecule has 0 aliphatic carbocycles. The van der Waals surface area contributed by atoms with Crippen molar-refractivity contribution in [2.45, 2.75) is 32.9 Å². The second-order valence-corrected chi connectivity index (χ2v) is 6.46. The second-order valence-electron chi connectivity index (χ2n) is 4.22. The average Bonchev–Trinajstić information content (AvgIpc) is 2.32. The average molecular weight is 287 g/mol. The third-order valence-electron chi connectivity index (χ3n) is 2.42. The Labute approximate surface area is 115 Å². The number of hydrogen-bond donors (Lipinski definition) is 1. The lowest BCUT2D eigenvalue weighted by Gasteiger charge is -2.14. The minimum atomic E-state index is -3.35. The molecule has 0 aliphatic heterocycles. The Kier molecular flexibility index (Phi) is 5.47. The molecule has 0 saturated carbocycles. The zero-order valence-electron chi connectivity index (χ0n) is 11.8. The van der Waals surface area contributed by atoms with Crippen LogP contribution in [0.1, 0.15) is 27.7 Å². The summed E-state index contributed by atoms with van der Waals surface area (Å²) in [6, 6.07) is 4.99. The van der Waals surface area contributed by atoms with Crippen LogP contribution in [-0.2, 0) is 10.0 Å². The zero-order valence-corrected chi connectivity index (χ0v) is 12.6. The van der Waals surface area contributed by atoms with Crippen molar-refractivity contribution in [2.75, 3.05) is 17.9 Å². The number of rotatable bonds is 7. The maximum absolute atomic E-state index is 11.8. The first-order valence-electron chi connectivity index (χ1n) is 6.32. The Hall–Kier alpha value is -1.43. The van der Waals surface area contributed by atoms with Crippen LogP contribution >= 0.6 is 0 Å². The molecule has 5 nitrogen and oxygen atoms in total. The molecule has 1 aromatic carbocycles. The molecule has 0 unspecified atom stereocenters. The molecule has 0 aromatic heterocycles. The fraction of sp³-hybridized carbons (Fsp3) is 0.538. The Balaban J connectivity index is 3.01. The van der Waals surface area contributed by atoms with Crippen molar-refractivity contribution in [3.8, 4) is 11.5 Å². The van der Waals surface area contributed by atoms with Gasteiger partial charge in [0.15, 0.2) is 11.5 Å². The van der Waals surface area contributed by atoms with Gasteiger partial charge < -0.3 is 9.47 Å². The van der Waals surface area contributed by atoms with Gasteiger partial charge in [0.25, 0.3) is 0 Å². The minimum absolute atomic E-state index is 0.473. The van der Waals surface area contributed by atoms with Gasteiger partial charge >= 0.3 is 0 Å². The summed E-state index contributed by atoms with van der Waals surface area (Å²) in [6.45, 7) is 8.00. The third kappa shape index (κ3) is 4.31. The van der Waals surface area contributed by atoms with Gasteiger partial charge in [-0.05, 0) is 39.8 Å². The molecule has 0 amide bonds.